The Morgan fingerprint density at radius 1 is 1.15 bits per heavy atom. The summed E-state index contributed by atoms with van der Waals surface area (Å²) in [4.78, 5) is 15.9. The van der Waals surface area contributed by atoms with Gasteiger partial charge in [0.05, 0.1) is 17.0 Å². The van der Waals surface area contributed by atoms with Gasteiger partial charge in [-0.3, -0.25) is 9.78 Å². The Morgan fingerprint density at radius 2 is 2.00 bits per heavy atom. The molecule has 0 radical (unpaired) electrons. The summed E-state index contributed by atoms with van der Waals surface area (Å²) < 4.78 is 26.6. The van der Waals surface area contributed by atoms with E-state index in [0.717, 1.165) is 0 Å². The number of carbonyl (C=O) groups excluding carboxylic acids is 1. The molecule has 0 atom stereocenters. The highest BCUT2D eigenvalue weighted by Crippen LogP contribution is 2.25. The van der Waals surface area contributed by atoms with E-state index >= 15 is 0 Å². The average Bonchev–Trinajstić information content (AvgIpc) is 2.46. The maximum Gasteiger partial charge on any atom is 0.244 e. The predicted molar refractivity (Wildman–Crippen MR) is 74.7 cm³/mol. The quantitative estimate of drug-likeness (QED) is 0.842. The lowest BCUT2D eigenvalue weighted by molar-refractivity contribution is -0.120. The predicted octanol–water partition coefficient (Wildman–Crippen LogP) is 1.59. The molecule has 2 heterocycles. The van der Waals surface area contributed by atoms with Crippen molar-refractivity contribution in [2.45, 2.75) is 17.7 Å². The van der Waals surface area contributed by atoms with E-state index in [1.807, 2.05) is 0 Å². The first-order valence-electron chi connectivity index (χ1n) is 6.44. The van der Waals surface area contributed by atoms with Crippen LogP contribution in [0.1, 0.15) is 12.8 Å². The van der Waals surface area contributed by atoms with Gasteiger partial charge in [0.15, 0.2) is 0 Å². The van der Waals surface area contributed by atoms with Crippen molar-refractivity contribution in [3.8, 4) is 0 Å². The van der Waals surface area contributed by atoms with Crippen LogP contribution in [-0.2, 0) is 14.8 Å². The molecule has 20 heavy (non-hydrogen) atoms. The fraction of sp³-hybridized carbons (Fsp3) is 0.286. The Labute approximate surface area is 117 Å². The lowest BCUT2D eigenvalue weighted by Gasteiger charge is -2.25. The van der Waals surface area contributed by atoms with Crippen LogP contribution in [0.5, 0.6) is 0 Å². The number of hydrogen-bond donors (Lipinski definition) is 0. The van der Waals surface area contributed by atoms with Crippen LogP contribution >= 0.6 is 0 Å². The second-order valence-corrected chi connectivity index (χ2v) is 6.71. The number of nitrogens with zero attached hydrogens (tertiary/aromatic N) is 2. The number of sulfonamides is 1. The summed E-state index contributed by atoms with van der Waals surface area (Å²) in [6.45, 7) is 0.365. The summed E-state index contributed by atoms with van der Waals surface area (Å²) in [5, 5.41) is 0.591. The summed E-state index contributed by atoms with van der Waals surface area (Å²) in [5.74, 6) is -0.0295. The molecule has 1 aromatic carbocycles. The van der Waals surface area contributed by atoms with Crippen LogP contribution in [0.15, 0.2) is 41.4 Å². The van der Waals surface area contributed by atoms with Gasteiger partial charge in [-0.15, -0.1) is 0 Å². The standard InChI is InChI=1S/C14H14N2O3S/c17-11-4-3-9-16(10-11)20(18,19)14-7-1-6-13-12(14)5-2-8-15-13/h1-2,5-8H,3-4,9-10H2. The molecule has 0 saturated carbocycles. The third kappa shape index (κ3) is 2.21. The zero-order valence-electron chi connectivity index (χ0n) is 10.8. The number of aromatic nitrogens is 1. The minimum atomic E-state index is -3.65. The molecule has 0 unspecified atom stereocenters. The molecule has 104 valence electrons. The van der Waals surface area contributed by atoms with Gasteiger partial charge in [0.2, 0.25) is 10.0 Å². The maximum absolute atomic E-state index is 12.7. The lowest BCUT2D eigenvalue weighted by Crippen LogP contribution is -2.40. The second kappa shape index (κ2) is 4.96. The molecule has 0 aliphatic carbocycles. The molecule has 0 N–H and O–H groups in total. The average molecular weight is 290 g/mol. The van der Waals surface area contributed by atoms with Crippen LogP contribution in [0.4, 0.5) is 0 Å². The normalized spacial score (nSPS) is 17.5. The second-order valence-electron chi connectivity index (χ2n) is 4.81. The number of ketones is 1. The highest BCUT2D eigenvalue weighted by atomic mass is 32.2. The highest BCUT2D eigenvalue weighted by molar-refractivity contribution is 7.89. The number of rotatable bonds is 2. The number of piperidine rings is 1. The molecule has 3 rings (SSSR count). The Balaban J connectivity index is 2.12. The monoisotopic (exact) mass is 290 g/mol. The zero-order chi connectivity index (χ0) is 14.2. The van der Waals surface area contributed by atoms with E-state index in [2.05, 4.69) is 4.98 Å². The summed E-state index contributed by atoms with van der Waals surface area (Å²) >= 11 is 0. The van der Waals surface area contributed by atoms with Gasteiger partial charge >= 0.3 is 0 Å². The molecule has 0 spiro atoms. The molecular weight excluding hydrogens is 276 g/mol. The van der Waals surface area contributed by atoms with E-state index in [-0.39, 0.29) is 17.2 Å². The number of benzene rings is 1. The molecule has 2 aromatic rings. The van der Waals surface area contributed by atoms with Crippen LogP contribution < -0.4 is 0 Å². The first kappa shape index (κ1) is 13.2. The van der Waals surface area contributed by atoms with Crippen LogP contribution in [0.2, 0.25) is 0 Å². The van der Waals surface area contributed by atoms with Gasteiger partial charge in [-0.2, -0.15) is 4.31 Å². The van der Waals surface area contributed by atoms with Gasteiger partial charge in [0.1, 0.15) is 5.78 Å². The van der Waals surface area contributed by atoms with Crippen molar-refractivity contribution in [3.63, 3.8) is 0 Å². The third-order valence-corrected chi connectivity index (χ3v) is 5.34. The molecular formula is C14H14N2O3S. The molecule has 1 aliphatic heterocycles. The summed E-state index contributed by atoms with van der Waals surface area (Å²) in [6.07, 6.45) is 2.67. The minimum absolute atomic E-state index is 0.0288. The van der Waals surface area contributed by atoms with Gasteiger partial charge in [0, 0.05) is 24.5 Å². The Bertz CT molecular complexity index is 766. The molecule has 6 heteroatoms. The number of carbonyl (C=O) groups is 1. The molecule has 1 aliphatic rings. The van der Waals surface area contributed by atoms with Crippen molar-refractivity contribution in [1.29, 1.82) is 0 Å². The summed E-state index contributed by atoms with van der Waals surface area (Å²) in [6, 6.07) is 8.46. The lowest BCUT2D eigenvalue weighted by atomic mass is 10.1. The third-order valence-electron chi connectivity index (χ3n) is 3.44. The Kier molecular flexibility index (Phi) is 3.27. The Hall–Kier alpha value is -1.79. The van der Waals surface area contributed by atoms with E-state index in [9.17, 15) is 13.2 Å². The molecule has 5 nitrogen and oxygen atoms in total. The summed E-state index contributed by atoms with van der Waals surface area (Å²) in [7, 11) is -3.65. The zero-order valence-corrected chi connectivity index (χ0v) is 11.6. The van der Waals surface area contributed by atoms with E-state index in [1.165, 1.54) is 4.31 Å². The molecule has 0 amide bonds. The minimum Gasteiger partial charge on any atom is -0.298 e. The fourth-order valence-electron chi connectivity index (χ4n) is 2.45. The number of pyridine rings is 1. The van der Waals surface area contributed by atoms with Crippen molar-refractivity contribution in [2.75, 3.05) is 13.1 Å². The van der Waals surface area contributed by atoms with Gasteiger partial charge in [-0.25, -0.2) is 8.42 Å². The van der Waals surface area contributed by atoms with Crippen LogP contribution in [0.3, 0.4) is 0 Å². The van der Waals surface area contributed by atoms with Crippen molar-refractivity contribution < 1.29 is 13.2 Å². The number of fused-ring (bicyclic) bond motifs is 1. The number of Topliss-reactive ketones (excluding diaryl/α,β-unsaturated/α-hetero) is 1. The van der Waals surface area contributed by atoms with Crippen molar-refractivity contribution >= 4 is 26.7 Å². The van der Waals surface area contributed by atoms with Crippen molar-refractivity contribution in [2.24, 2.45) is 0 Å². The van der Waals surface area contributed by atoms with Gasteiger partial charge in [-0.05, 0) is 30.7 Å². The van der Waals surface area contributed by atoms with E-state index in [1.54, 1.807) is 36.5 Å². The summed E-state index contributed by atoms with van der Waals surface area (Å²) in [5.41, 5.74) is 0.636. The molecule has 1 fully saturated rings. The van der Waals surface area contributed by atoms with Gasteiger partial charge in [-0.1, -0.05) is 6.07 Å². The molecule has 1 saturated heterocycles. The smallest absolute Gasteiger partial charge is 0.244 e. The van der Waals surface area contributed by atoms with Crippen LogP contribution in [0.25, 0.3) is 10.9 Å². The Morgan fingerprint density at radius 3 is 2.80 bits per heavy atom. The van der Waals surface area contributed by atoms with E-state index in [0.29, 0.717) is 30.3 Å². The number of hydrogen-bond acceptors (Lipinski definition) is 4. The van der Waals surface area contributed by atoms with Gasteiger partial charge < -0.3 is 0 Å². The van der Waals surface area contributed by atoms with E-state index < -0.39 is 10.0 Å². The maximum atomic E-state index is 12.7. The molecule has 1 aromatic heterocycles. The first-order valence-corrected chi connectivity index (χ1v) is 7.88. The first-order chi connectivity index (χ1) is 9.59. The van der Waals surface area contributed by atoms with Crippen molar-refractivity contribution in [3.05, 3.63) is 36.5 Å². The fourth-order valence-corrected chi connectivity index (χ4v) is 4.11. The highest BCUT2D eigenvalue weighted by Gasteiger charge is 2.30. The van der Waals surface area contributed by atoms with Crippen LogP contribution in [0, 0.1) is 0 Å². The van der Waals surface area contributed by atoms with Crippen molar-refractivity contribution in [1.82, 2.24) is 9.29 Å². The van der Waals surface area contributed by atoms with E-state index in [4.69, 9.17) is 0 Å². The largest absolute Gasteiger partial charge is 0.298 e. The SMILES string of the molecule is O=C1CCCN(S(=O)(=O)c2cccc3ncccc23)C1. The van der Waals surface area contributed by atoms with Gasteiger partial charge in [0.25, 0.3) is 0 Å². The van der Waals surface area contributed by atoms with Crippen LogP contribution in [-0.4, -0.2) is 36.6 Å². The topological polar surface area (TPSA) is 67.3 Å². The molecule has 0 bridgehead atoms.